The Labute approximate surface area is 133 Å². The number of nitrogens with zero attached hydrogens (tertiary/aromatic N) is 3. The Kier molecular flexibility index (Phi) is 3.92. The Bertz CT molecular complexity index is 519. The number of rotatable bonds is 3. The molecule has 2 heterocycles. The molecule has 3 rings (SSSR count). The summed E-state index contributed by atoms with van der Waals surface area (Å²) in [6, 6.07) is 3.99. The molecule has 0 radical (unpaired) electrons. The second-order valence-electron chi connectivity index (χ2n) is 6.17. The van der Waals surface area contributed by atoms with Gasteiger partial charge in [-0.1, -0.05) is 0 Å². The Hall–Kier alpha value is -1.14. The number of piperazine rings is 1. The van der Waals surface area contributed by atoms with E-state index >= 15 is 0 Å². The number of pyridine rings is 1. The van der Waals surface area contributed by atoms with Gasteiger partial charge in [-0.2, -0.15) is 0 Å². The molecule has 0 aromatic carbocycles. The zero-order valence-corrected chi connectivity index (χ0v) is 13.8. The largest absolute Gasteiger partial charge is 0.353 e. The third kappa shape index (κ3) is 3.06. The summed E-state index contributed by atoms with van der Waals surface area (Å²) in [6.45, 7) is 4.93. The van der Waals surface area contributed by atoms with Crippen LogP contribution in [-0.2, 0) is 4.79 Å². The molecule has 1 saturated heterocycles. The van der Waals surface area contributed by atoms with Crippen LogP contribution in [0.25, 0.3) is 0 Å². The number of carbonyl (C=O) groups excluding carboxylic acids is 1. The summed E-state index contributed by atoms with van der Waals surface area (Å²) < 4.78 is 0.975. The first kappa shape index (κ1) is 14.8. The highest BCUT2D eigenvalue weighted by atomic mass is 79.9. The maximum Gasteiger partial charge on any atom is 0.242 e. The zero-order valence-electron chi connectivity index (χ0n) is 12.3. The Balaban J connectivity index is 1.60. The van der Waals surface area contributed by atoms with Gasteiger partial charge in [0.2, 0.25) is 5.91 Å². The summed E-state index contributed by atoms with van der Waals surface area (Å²) in [5, 5.41) is 0. The van der Waals surface area contributed by atoms with Crippen LogP contribution >= 0.6 is 15.9 Å². The first-order valence-electron chi connectivity index (χ1n) is 7.43. The molecule has 1 aromatic rings. The van der Waals surface area contributed by atoms with Gasteiger partial charge in [0.25, 0.3) is 0 Å². The van der Waals surface area contributed by atoms with E-state index in [1.54, 1.807) is 6.20 Å². The van der Waals surface area contributed by atoms with Crippen LogP contribution in [0.4, 0.5) is 5.82 Å². The molecule has 21 heavy (non-hydrogen) atoms. The SMILES string of the molecule is CC(N)(C(=O)N1CCN(c2ccc(Br)cn2)CC1)C1CC1. The van der Waals surface area contributed by atoms with Crippen molar-refractivity contribution in [3.8, 4) is 0 Å². The van der Waals surface area contributed by atoms with Gasteiger partial charge < -0.3 is 15.5 Å². The van der Waals surface area contributed by atoms with Crippen molar-refractivity contribution in [1.29, 1.82) is 0 Å². The number of hydrogen-bond acceptors (Lipinski definition) is 4. The standard InChI is InChI=1S/C15H21BrN4O/c1-15(17,11-2-3-11)14(21)20-8-6-19(7-9-20)13-5-4-12(16)10-18-13/h4-5,10-11H,2-3,6-9,17H2,1H3. The van der Waals surface area contributed by atoms with E-state index in [9.17, 15) is 4.79 Å². The topological polar surface area (TPSA) is 62.5 Å². The lowest BCUT2D eigenvalue weighted by molar-refractivity contribution is -0.137. The summed E-state index contributed by atoms with van der Waals surface area (Å²) in [4.78, 5) is 21.1. The van der Waals surface area contributed by atoms with Crippen LogP contribution in [0.5, 0.6) is 0 Å². The Morgan fingerprint density at radius 3 is 2.52 bits per heavy atom. The van der Waals surface area contributed by atoms with Crippen molar-refractivity contribution in [2.24, 2.45) is 11.7 Å². The van der Waals surface area contributed by atoms with Gasteiger partial charge in [-0.05, 0) is 53.7 Å². The third-order valence-electron chi connectivity index (χ3n) is 4.49. The summed E-state index contributed by atoms with van der Waals surface area (Å²) in [5.74, 6) is 1.44. The number of halogens is 1. The summed E-state index contributed by atoms with van der Waals surface area (Å²) in [6.07, 6.45) is 3.97. The molecule has 1 saturated carbocycles. The number of amides is 1. The molecule has 1 atom stereocenters. The quantitative estimate of drug-likeness (QED) is 0.897. The van der Waals surface area contributed by atoms with E-state index in [4.69, 9.17) is 5.73 Å². The number of carbonyl (C=O) groups is 1. The molecule has 1 aromatic heterocycles. The number of nitrogens with two attached hydrogens (primary N) is 1. The normalized spacial score (nSPS) is 22.0. The van der Waals surface area contributed by atoms with Crippen LogP contribution in [0.1, 0.15) is 19.8 Å². The van der Waals surface area contributed by atoms with Crippen molar-refractivity contribution in [3.05, 3.63) is 22.8 Å². The molecule has 1 aliphatic heterocycles. The lowest BCUT2D eigenvalue weighted by atomic mass is 9.95. The minimum Gasteiger partial charge on any atom is -0.353 e. The predicted octanol–water partition coefficient (Wildman–Crippen LogP) is 1.62. The van der Waals surface area contributed by atoms with Crippen molar-refractivity contribution in [3.63, 3.8) is 0 Å². The van der Waals surface area contributed by atoms with E-state index in [-0.39, 0.29) is 5.91 Å². The maximum atomic E-state index is 12.5. The van der Waals surface area contributed by atoms with E-state index in [1.807, 2.05) is 24.0 Å². The van der Waals surface area contributed by atoms with Gasteiger partial charge in [0, 0.05) is 36.8 Å². The van der Waals surface area contributed by atoms with Crippen molar-refractivity contribution in [1.82, 2.24) is 9.88 Å². The molecule has 1 amide bonds. The molecular formula is C15H21BrN4O. The van der Waals surface area contributed by atoms with Crippen LogP contribution in [0.15, 0.2) is 22.8 Å². The molecule has 2 N–H and O–H groups in total. The fourth-order valence-electron chi connectivity index (χ4n) is 2.89. The highest BCUT2D eigenvalue weighted by Gasteiger charge is 2.46. The van der Waals surface area contributed by atoms with E-state index in [0.717, 1.165) is 49.3 Å². The first-order valence-corrected chi connectivity index (χ1v) is 8.22. The van der Waals surface area contributed by atoms with Crippen LogP contribution in [-0.4, -0.2) is 47.5 Å². The predicted molar refractivity (Wildman–Crippen MR) is 86.0 cm³/mol. The van der Waals surface area contributed by atoms with Gasteiger partial charge >= 0.3 is 0 Å². The molecular weight excluding hydrogens is 332 g/mol. The lowest BCUT2D eigenvalue weighted by Crippen LogP contribution is -2.59. The summed E-state index contributed by atoms with van der Waals surface area (Å²) in [7, 11) is 0. The van der Waals surface area contributed by atoms with Crippen molar-refractivity contribution >= 4 is 27.7 Å². The second-order valence-corrected chi connectivity index (χ2v) is 7.09. The molecule has 2 fully saturated rings. The third-order valence-corrected chi connectivity index (χ3v) is 4.96. The fraction of sp³-hybridized carbons (Fsp3) is 0.600. The fourth-order valence-corrected chi connectivity index (χ4v) is 3.13. The molecule has 0 spiro atoms. The van der Waals surface area contributed by atoms with Gasteiger partial charge in [-0.3, -0.25) is 4.79 Å². The highest BCUT2D eigenvalue weighted by molar-refractivity contribution is 9.10. The highest BCUT2D eigenvalue weighted by Crippen LogP contribution is 2.39. The zero-order chi connectivity index (χ0) is 15.0. The molecule has 6 heteroatoms. The lowest BCUT2D eigenvalue weighted by Gasteiger charge is -2.39. The molecule has 1 aliphatic carbocycles. The molecule has 5 nitrogen and oxygen atoms in total. The monoisotopic (exact) mass is 352 g/mol. The summed E-state index contributed by atoms with van der Waals surface area (Å²) >= 11 is 3.39. The molecule has 0 bridgehead atoms. The number of anilines is 1. The number of hydrogen-bond donors (Lipinski definition) is 1. The van der Waals surface area contributed by atoms with E-state index in [0.29, 0.717) is 5.92 Å². The first-order chi connectivity index (χ1) is 9.98. The van der Waals surface area contributed by atoms with Gasteiger partial charge in [0.1, 0.15) is 5.82 Å². The van der Waals surface area contributed by atoms with Crippen molar-refractivity contribution < 1.29 is 4.79 Å². The average Bonchev–Trinajstić information content (AvgIpc) is 3.32. The van der Waals surface area contributed by atoms with E-state index in [2.05, 4.69) is 25.8 Å². The molecule has 1 unspecified atom stereocenters. The smallest absolute Gasteiger partial charge is 0.242 e. The Morgan fingerprint density at radius 2 is 2.00 bits per heavy atom. The van der Waals surface area contributed by atoms with Gasteiger partial charge in [-0.15, -0.1) is 0 Å². The van der Waals surface area contributed by atoms with Crippen LogP contribution in [0.3, 0.4) is 0 Å². The Morgan fingerprint density at radius 1 is 1.33 bits per heavy atom. The van der Waals surface area contributed by atoms with Crippen molar-refractivity contribution in [2.45, 2.75) is 25.3 Å². The van der Waals surface area contributed by atoms with Crippen LogP contribution in [0, 0.1) is 5.92 Å². The van der Waals surface area contributed by atoms with Gasteiger partial charge in [0.05, 0.1) is 5.54 Å². The molecule has 2 aliphatic rings. The minimum atomic E-state index is -0.683. The molecule has 114 valence electrons. The van der Waals surface area contributed by atoms with Crippen LogP contribution in [0.2, 0.25) is 0 Å². The van der Waals surface area contributed by atoms with Crippen molar-refractivity contribution in [2.75, 3.05) is 31.1 Å². The van der Waals surface area contributed by atoms with Crippen LogP contribution < -0.4 is 10.6 Å². The van der Waals surface area contributed by atoms with Gasteiger partial charge in [-0.25, -0.2) is 4.98 Å². The minimum absolute atomic E-state index is 0.105. The average molecular weight is 353 g/mol. The second kappa shape index (κ2) is 5.57. The summed E-state index contributed by atoms with van der Waals surface area (Å²) in [5.41, 5.74) is 5.55. The van der Waals surface area contributed by atoms with E-state index in [1.165, 1.54) is 0 Å². The van der Waals surface area contributed by atoms with E-state index < -0.39 is 5.54 Å². The van der Waals surface area contributed by atoms with Gasteiger partial charge in [0.15, 0.2) is 0 Å². The number of aromatic nitrogens is 1. The maximum absolute atomic E-state index is 12.5.